The molecule has 3 N–H and O–H groups in total. The van der Waals surface area contributed by atoms with Crippen LogP contribution in [0.4, 0.5) is 23.2 Å². The summed E-state index contributed by atoms with van der Waals surface area (Å²) in [7, 11) is 0. The van der Waals surface area contributed by atoms with Gasteiger partial charge in [-0.25, -0.2) is 14.2 Å². The molecule has 2 aromatic carbocycles. The lowest BCUT2D eigenvalue weighted by Gasteiger charge is -2.11. The van der Waals surface area contributed by atoms with E-state index in [2.05, 4.69) is 15.3 Å². The molecule has 1 amide bonds. The van der Waals surface area contributed by atoms with E-state index in [0.717, 1.165) is 5.69 Å². The number of hydrogen-bond acceptors (Lipinski definition) is 5. The normalized spacial score (nSPS) is 15.0. The molecular weight excluding hydrogens is 462 g/mol. The molecular formula is C22H15F4N3O5. The van der Waals surface area contributed by atoms with Gasteiger partial charge >= 0.3 is 12.1 Å². The van der Waals surface area contributed by atoms with Crippen LogP contribution < -0.4 is 14.8 Å². The zero-order valence-corrected chi connectivity index (χ0v) is 17.3. The molecule has 3 heterocycles. The van der Waals surface area contributed by atoms with Crippen molar-refractivity contribution in [3.63, 3.8) is 0 Å². The Morgan fingerprint density at radius 3 is 2.50 bits per heavy atom. The van der Waals surface area contributed by atoms with E-state index >= 15 is 0 Å². The number of aliphatic carboxylic acids is 1. The molecule has 8 nitrogen and oxygen atoms in total. The van der Waals surface area contributed by atoms with Crippen molar-refractivity contribution in [3.8, 4) is 22.6 Å². The minimum Gasteiger partial charge on any atom is -0.475 e. The zero-order chi connectivity index (χ0) is 24.6. The number of anilines is 1. The van der Waals surface area contributed by atoms with Gasteiger partial charge in [-0.3, -0.25) is 4.79 Å². The van der Waals surface area contributed by atoms with Crippen LogP contribution >= 0.6 is 0 Å². The van der Waals surface area contributed by atoms with Gasteiger partial charge in [0.15, 0.2) is 11.5 Å². The number of carboxylic acids is 1. The molecule has 1 aromatic heterocycles. The van der Waals surface area contributed by atoms with Gasteiger partial charge in [-0.15, -0.1) is 0 Å². The van der Waals surface area contributed by atoms with Crippen molar-refractivity contribution in [2.24, 2.45) is 0 Å². The number of benzene rings is 2. The van der Waals surface area contributed by atoms with E-state index in [9.17, 15) is 22.4 Å². The van der Waals surface area contributed by atoms with Gasteiger partial charge in [0.2, 0.25) is 6.79 Å². The first kappa shape index (κ1) is 22.8. The van der Waals surface area contributed by atoms with Gasteiger partial charge in [0.1, 0.15) is 5.82 Å². The molecule has 0 bridgehead atoms. The van der Waals surface area contributed by atoms with Crippen LogP contribution in [0.5, 0.6) is 11.5 Å². The summed E-state index contributed by atoms with van der Waals surface area (Å²) >= 11 is 0. The summed E-state index contributed by atoms with van der Waals surface area (Å²) in [5.74, 6) is -2.31. The van der Waals surface area contributed by atoms with Gasteiger partial charge in [-0.05, 0) is 42.8 Å². The maximum Gasteiger partial charge on any atom is 0.490 e. The van der Waals surface area contributed by atoms with Crippen LogP contribution in [-0.2, 0) is 9.59 Å². The molecule has 2 aliphatic heterocycles. The fourth-order valence-corrected chi connectivity index (χ4v) is 3.39. The van der Waals surface area contributed by atoms with Gasteiger partial charge in [-0.1, -0.05) is 6.07 Å². The average molecular weight is 477 g/mol. The quantitative estimate of drug-likeness (QED) is 0.373. The topological polar surface area (TPSA) is 114 Å². The number of alkyl halides is 3. The number of aromatic nitrogens is 2. The number of aromatic amines is 1. The molecule has 0 radical (unpaired) electrons. The number of imidazole rings is 1. The molecule has 34 heavy (non-hydrogen) atoms. The van der Waals surface area contributed by atoms with E-state index in [-0.39, 0.29) is 12.7 Å². The number of amides is 1. The second-order valence-corrected chi connectivity index (χ2v) is 7.14. The Kier molecular flexibility index (Phi) is 5.73. The van der Waals surface area contributed by atoms with Crippen molar-refractivity contribution in [1.29, 1.82) is 0 Å². The first-order chi connectivity index (χ1) is 16.1. The summed E-state index contributed by atoms with van der Waals surface area (Å²) in [6.07, 6.45) is -1.86. The van der Waals surface area contributed by atoms with Gasteiger partial charge < -0.3 is 24.9 Å². The van der Waals surface area contributed by atoms with Crippen molar-refractivity contribution < 1.29 is 41.7 Å². The lowest BCUT2D eigenvalue weighted by atomic mass is 9.93. The van der Waals surface area contributed by atoms with Crippen LogP contribution in [-0.4, -0.2) is 39.9 Å². The van der Waals surface area contributed by atoms with Crippen molar-refractivity contribution >= 4 is 29.2 Å². The molecule has 2 aliphatic rings. The van der Waals surface area contributed by atoms with E-state index in [1.807, 2.05) is 6.92 Å². The van der Waals surface area contributed by atoms with Gasteiger partial charge in [0.05, 0.1) is 17.6 Å². The highest BCUT2D eigenvalue weighted by Crippen LogP contribution is 2.44. The second-order valence-electron chi connectivity index (χ2n) is 7.14. The highest BCUT2D eigenvalue weighted by molar-refractivity contribution is 6.36. The Hall–Kier alpha value is -4.35. The number of aryl methyl sites for hydroxylation is 1. The van der Waals surface area contributed by atoms with E-state index in [4.69, 9.17) is 19.4 Å². The number of fused-ring (bicyclic) bond motifs is 2. The summed E-state index contributed by atoms with van der Waals surface area (Å²) in [5, 5.41) is 9.93. The fourth-order valence-electron chi connectivity index (χ4n) is 3.39. The number of halogens is 4. The molecule has 0 spiro atoms. The largest absolute Gasteiger partial charge is 0.490 e. The van der Waals surface area contributed by atoms with E-state index in [1.54, 1.807) is 36.7 Å². The minimum atomic E-state index is -5.08. The highest BCUT2D eigenvalue weighted by Gasteiger charge is 2.38. The molecule has 5 rings (SSSR count). The van der Waals surface area contributed by atoms with Crippen molar-refractivity contribution in [1.82, 2.24) is 9.97 Å². The smallest absolute Gasteiger partial charge is 0.475 e. The Morgan fingerprint density at radius 1 is 1.15 bits per heavy atom. The molecule has 176 valence electrons. The third-order valence-electron chi connectivity index (χ3n) is 4.97. The maximum absolute atomic E-state index is 14.9. The predicted molar refractivity (Wildman–Crippen MR) is 111 cm³/mol. The highest BCUT2D eigenvalue weighted by atomic mass is 19.4. The van der Waals surface area contributed by atoms with Crippen LogP contribution in [0.1, 0.15) is 17.0 Å². The number of carboxylic acid groups (broad SMARTS) is 1. The molecule has 0 saturated heterocycles. The summed E-state index contributed by atoms with van der Waals surface area (Å²) in [5.41, 5.74) is 3.85. The third-order valence-corrected chi connectivity index (χ3v) is 4.97. The first-order valence-corrected chi connectivity index (χ1v) is 9.62. The van der Waals surface area contributed by atoms with Crippen LogP contribution in [0.15, 0.2) is 36.7 Å². The number of rotatable bonds is 2. The van der Waals surface area contributed by atoms with Gasteiger partial charge in [0.25, 0.3) is 5.91 Å². The Balaban J connectivity index is 0.000000344. The lowest BCUT2D eigenvalue weighted by Crippen LogP contribution is -2.21. The average Bonchev–Trinajstić information content (AvgIpc) is 3.47. The minimum absolute atomic E-state index is 0.137. The standard InChI is InChI=1S/C20H14FN3O3.C2HF3O2/c1-10-15(23-8-22-10)7-12-19-14(24-20(12)25)4-3-13(21)18(19)11-2-5-16-17(6-11)27-9-26-16;3-2(4,5)1(6)7/h2-8H,9H2,1H3,(H,22,23)(H,24,25);(H,6,7). The molecule has 0 aliphatic carbocycles. The van der Waals surface area contributed by atoms with Crippen LogP contribution in [0.2, 0.25) is 0 Å². The Morgan fingerprint density at radius 2 is 1.85 bits per heavy atom. The monoisotopic (exact) mass is 477 g/mol. The molecule has 12 heteroatoms. The second kappa shape index (κ2) is 8.54. The molecule has 3 aromatic rings. The molecule has 0 fully saturated rings. The molecule has 0 saturated carbocycles. The van der Waals surface area contributed by atoms with E-state index in [0.29, 0.717) is 45.1 Å². The summed E-state index contributed by atoms with van der Waals surface area (Å²) < 4.78 is 57.4. The van der Waals surface area contributed by atoms with Crippen molar-refractivity contribution in [2.75, 3.05) is 12.1 Å². The van der Waals surface area contributed by atoms with Crippen molar-refractivity contribution in [3.05, 3.63) is 59.4 Å². The summed E-state index contributed by atoms with van der Waals surface area (Å²) in [6.45, 7) is 2.00. The van der Waals surface area contributed by atoms with Crippen LogP contribution in [0, 0.1) is 12.7 Å². The van der Waals surface area contributed by atoms with E-state index in [1.165, 1.54) is 6.07 Å². The molecule has 0 atom stereocenters. The SMILES string of the molecule is Cc1[nH]cnc1C=C1C(=O)Nc2ccc(F)c(-c3ccc4c(c3)OCO4)c21.O=C(O)C(F)(F)F. The number of nitrogens with zero attached hydrogens (tertiary/aromatic N) is 1. The number of nitrogens with one attached hydrogen (secondary N) is 2. The number of H-pyrrole nitrogens is 1. The number of carbonyl (C=O) groups is 2. The van der Waals surface area contributed by atoms with Gasteiger partial charge in [-0.2, -0.15) is 13.2 Å². The van der Waals surface area contributed by atoms with Gasteiger partial charge in [0, 0.05) is 22.5 Å². The lowest BCUT2D eigenvalue weighted by molar-refractivity contribution is -0.192. The number of ether oxygens (including phenoxy) is 2. The van der Waals surface area contributed by atoms with E-state index < -0.39 is 18.0 Å². The summed E-state index contributed by atoms with van der Waals surface area (Å²) in [6, 6.07) is 8.13. The maximum atomic E-state index is 14.9. The molecule has 0 unspecified atom stereocenters. The zero-order valence-electron chi connectivity index (χ0n) is 17.3. The summed E-state index contributed by atoms with van der Waals surface area (Å²) in [4.78, 5) is 28.7. The first-order valence-electron chi connectivity index (χ1n) is 9.62. The van der Waals surface area contributed by atoms with Crippen LogP contribution in [0.3, 0.4) is 0 Å². The Bertz CT molecular complexity index is 1330. The Labute approximate surface area is 188 Å². The fraction of sp³-hybridized carbons (Fsp3) is 0.136. The number of hydrogen-bond donors (Lipinski definition) is 3. The van der Waals surface area contributed by atoms with Crippen LogP contribution in [0.25, 0.3) is 22.8 Å². The number of carbonyl (C=O) groups excluding carboxylic acids is 1. The van der Waals surface area contributed by atoms with Crippen molar-refractivity contribution in [2.45, 2.75) is 13.1 Å². The third kappa shape index (κ3) is 4.29. The predicted octanol–water partition coefficient (Wildman–Crippen LogP) is 4.38.